The Morgan fingerprint density at radius 3 is 2.55 bits per heavy atom. The fourth-order valence-electron chi connectivity index (χ4n) is 3.55. The molecule has 0 unspecified atom stereocenters. The maximum Gasteiger partial charge on any atom is 0.349 e. The summed E-state index contributed by atoms with van der Waals surface area (Å²) in [6.45, 7) is 4.73. The highest BCUT2D eigenvalue weighted by atomic mass is 35.5. The highest BCUT2D eigenvalue weighted by molar-refractivity contribution is 7.89. The fraction of sp³-hybridized carbons (Fsp3) is 0.667. The summed E-state index contributed by atoms with van der Waals surface area (Å²) in [5.41, 5.74) is -0.207. The molecular formula is C18H28ClN3O6S. The summed E-state index contributed by atoms with van der Waals surface area (Å²) < 4.78 is 36.5. The van der Waals surface area contributed by atoms with Gasteiger partial charge >= 0.3 is 5.63 Å². The van der Waals surface area contributed by atoms with Gasteiger partial charge in [-0.2, -0.15) is 4.31 Å². The minimum atomic E-state index is -3.47. The van der Waals surface area contributed by atoms with E-state index in [4.69, 9.17) is 9.15 Å². The van der Waals surface area contributed by atoms with E-state index in [9.17, 15) is 18.0 Å². The number of rotatable bonds is 6. The average Bonchev–Trinajstić information content (AvgIpc) is 2.68. The molecule has 9 nitrogen and oxygen atoms in total. The molecule has 2 saturated heterocycles. The Balaban J connectivity index is 0.00000300. The smallest absolute Gasteiger partial charge is 0.349 e. The van der Waals surface area contributed by atoms with Crippen LogP contribution in [0.5, 0.6) is 0 Å². The van der Waals surface area contributed by atoms with Crippen LogP contribution in [0.4, 0.5) is 0 Å². The molecular weight excluding hydrogens is 422 g/mol. The highest BCUT2D eigenvalue weighted by Gasteiger charge is 2.25. The number of nitrogens with zero attached hydrogens (tertiary/aromatic N) is 1. The van der Waals surface area contributed by atoms with Crippen LogP contribution >= 0.6 is 12.4 Å². The molecule has 29 heavy (non-hydrogen) atoms. The van der Waals surface area contributed by atoms with Crippen molar-refractivity contribution in [3.63, 3.8) is 0 Å². The third-order valence-electron chi connectivity index (χ3n) is 5.15. The lowest BCUT2D eigenvalue weighted by molar-refractivity contribution is 0.0730. The van der Waals surface area contributed by atoms with Crippen LogP contribution in [0, 0.1) is 6.92 Å². The van der Waals surface area contributed by atoms with Gasteiger partial charge in [0.1, 0.15) is 11.3 Å². The first-order valence-corrected chi connectivity index (χ1v) is 11.2. The minimum Gasteiger partial charge on any atom is -0.427 e. The van der Waals surface area contributed by atoms with E-state index in [1.807, 2.05) is 0 Å². The Kier molecular flexibility index (Phi) is 8.65. The summed E-state index contributed by atoms with van der Waals surface area (Å²) >= 11 is 0. The van der Waals surface area contributed by atoms with Crippen molar-refractivity contribution in [2.24, 2.45) is 0 Å². The first kappa shape index (κ1) is 23.8. The number of halogens is 1. The Labute approximate surface area is 176 Å². The predicted molar refractivity (Wildman–Crippen MR) is 110 cm³/mol. The first-order valence-electron chi connectivity index (χ1n) is 9.57. The summed E-state index contributed by atoms with van der Waals surface area (Å²) in [7, 11) is -3.47. The van der Waals surface area contributed by atoms with Gasteiger partial charge in [0.2, 0.25) is 10.0 Å². The molecule has 2 aliphatic heterocycles. The zero-order chi connectivity index (χ0) is 20.1. The molecule has 2 aliphatic rings. The largest absolute Gasteiger partial charge is 0.427 e. The van der Waals surface area contributed by atoms with Gasteiger partial charge in [0.25, 0.3) is 5.91 Å². The molecule has 1 aromatic heterocycles. The van der Waals surface area contributed by atoms with E-state index in [0.29, 0.717) is 37.6 Å². The standard InChI is InChI=1S/C18H27N3O6S.ClH/c1-13-12-15(14-2-4-19-5-3-14)27-18(23)16(13)17(22)20-6-11-28(24,25)21-7-9-26-10-8-21;/h12,14,19H,2-11H2,1H3,(H,20,22);1H. The Hall–Kier alpha value is -1.46. The molecule has 0 bridgehead atoms. The Morgan fingerprint density at radius 2 is 1.93 bits per heavy atom. The van der Waals surface area contributed by atoms with E-state index in [1.165, 1.54) is 4.31 Å². The molecule has 0 aliphatic carbocycles. The second-order valence-corrected chi connectivity index (χ2v) is 9.19. The van der Waals surface area contributed by atoms with E-state index in [1.54, 1.807) is 13.0 Å². The van der Waals surface area contributed by atoms with E-state index < -0.39 is 21.6 Å². The fourth-order valence-corrected chi connectivity index (χ4v) is 4.87. The molecule has 3 rings (SSSR count). The maximum absolute atomic E-state index is 12.4. The van der Waals surface area contributed by atoms with Crippen LogP contribution in [0.1, 0.15) is 40.4 Å². The van der Waals surface area contributed by atoms with Crippen molar-refractivity contribution in [2.45, 2.75) is 25.7 Å². The topological polar surface area (TPSA) is 118 Å². The van der Waals surface area contributed by atoms with Crippen molar-refractivity contribution in [3.05, 3.63) is 33.4 Å². The van der Waals surface area contributed by atoms with Crippen LogP contribution in [0.25, 0.3) is 0 Å². The van der Waals surface area contributed by atoms with Gasteiger partial charge in [-0.15, -0.1) is 12.4 Å². The number of hydrogen-bond acceptors (Lipinski definition) is 7. The summed E-state index contributed by atoms with van der Waals surface area (Å²) in [5.74, 6) is -0.0600. The summed E-state index contributed by atoms with van der Waals surface area (Å²) in [6.07, 6.45) is 1.76. The van der Waals surface area contributed by atoms with Crippen molar-refractivity contribution in [1.29, 1.82) is 0 Å². The number of piperidine rings is 1. The lowest BCUT2D eigenvalue weighted by Crippen LogP contribution is -2.44. The summed E-state index contributed by atoms with van der Waals surface area (Å²) in [6, 6.07) is 1.75. The van der Waals surface area contributed by atoms with E-state index in [0.717, 1.165) is 25.9 Å². The second-order valence-electron chi connectivity index (χ2n) is 7.10. The van der Waals surface area contributed by atoms with Crippen LogP contribution in [0.3, 0.4) is 0 Å². The first-order chi connectivity index (χ1) is 13.4. The number of ether oxygens (including phenoxy) is 1. The molecule has 0 spiro atoms. The molecule has 0 radical (unpaired) electrons. The maximum atomic E-state index is 12.4. The molecule has 11 heteroatoms. The number of nitrogens with one attached hydrogen (secondary N) is 2. The molecule has 0 aromatic carbocycles. The monoisotopic (exact) mass is 449 g/mol. The van der Waals surface area contributed by atoms with Crippen molar-refractivity contribution in [3.8, 4) is 0 Å². The van der Waals surface area contributed by atoms with Crippen molar-refractivity contribution >= 4 is 28.3 Å². The van der Waals surface area contributed by atoms with Gasteiger partial charge in [0.15, 0.2) is 0 Å². The number of hydrogen-bond donors (Lipinski definition) is 2. The van der Waals surface area contributed by atoms with Gasteiger partial charge in [-0.1, -0.05) is 0 Å². The zero-order valence-electron chi connectivity index (χ0n) is 16.4. The number of carbonyl (C=O) groups excluding carboxylic acids is 1. The molecule has 2 N–H and O–H groups in total. The highest BCUT2D eigenvalue weighted by Crippen LogP contribution is 2.25. The molecule has 1 amide bonds. The number of sulfonamides is 1. The van der Waals surface area contributed by atoms with Crippen LogP contribution in [0.2, 0.25) is 0 Å². The normalized spacial score (nSPS) is 18.8. The van der Waals surface area contributed by atoms with Gasteiger partial charge in [0, 0.05) is 25.6 Å². The number of morpholine rings is 1. The van der Waals surface area contributed by atoms with E-state index in [-0.39, 0.29) is 36.2 Å². The number of carbonyl (C=O) groups is 1. The van der Waals surface area contributed by atoms with Crippen LogP contribution in [0.15, 0.2) is 15.3 Å². The third kappa shape index (κ3) is 6.02. The molecule has 0 atom stereocenters. The average molecular weight is 450 g/mol. The quantitative estimate of drug-likeness (QED) is 0.638. The molecule has 2 fully saturated rings. The van der Waals surface area contributed by atoms with E-state index >= 15 is 0 Å². The molecule has 3 heterocycles. The van der Waals surface area contributed by atoms with Crippen LogP contribution < -0.4 is 16.3 Å². The van der Waals surface area contributed by atoms with Crippen molar-refractivity contribution < 1.29 is 22.4 Å². The molecule has 0 saturated carbocycles. The lowest BCUT2D eigenvalue weighted by atomic mass is 9.94. The van der Waals surface area contributed by atoms with Gasteiger partial charge in [0.05, 0.1) is 19.0 Å². The lowest BCUT2D eigenvalue weighted by Gasteiger charge is -2.26. The minimum absolute atomic E-state index is 0. The molecule has 1 aromatic rings. The van der Waals surface area contributed by atoms with Gasteiger partial charge in [-0.25, -0.2) is 13.2 Å². The predicted octanol–water partition coefficient (Wildman–Crippen LogP) is 0.229. The van der Waals surface area contributed by atoms with Gasteiger partial charge in [-0.05, 0) is 44.5 Å². The van der Waals surface area contributed by atoms with Crippen LogP contribution in [-0.4, -0.2) is 70.3 Å². The molecule has 164 valence electrons. The Morgan fingerprint density at radius 1 is 1.28 bits per heavy atom. The third-order valence-corrected chi connectivity index (χ3v) is 7.02. The van der Waals surface area contributed by atoms with Gasteiger partial charge in [-0.3, -0.25) is 4.79 Å². The van der Waals surface area contributed by atoms with Crippen LogP contribution in [-0.2, 0) is 14.8 Å². The Bertz CT molecular complexity index is 861. The summed E-state index contributed by atoms with van der Waals surface area (Å²) in [5, 5.41) is 5.79. The van der Waals surface area contributed by atoms with Crippen molar-refractivity contribution in [1.82, 2.24) is 14.9 Å². The second kappa shape index (κ2) is 10.5. The SMILES string of the molecule is Cc1cc(C2CCNCC2)oc(=O)c1C(=O)NCCS(=O)(=O)N1CCOCC1.Cl. The summed E-state index contributed by atoms with van der Waals surface area (Å²) in [4.78, 5) is 24.8. The zero-order valence-corrected chi connectivity index (χ0v) is 18.1. The number of aryl methyl sites for hydroxylation is 1. The van der Waals surface area contributed by atoms with Gasteiger partial charge < -0.3 is 19.8 Å². The van der Waals surface area contributed by atoms with E-state index in [2.05, 4.69) is 10.6 Å². The van der Waals surface area contributed by atoms with Crippen molar-refractivity contribution in [2.75, 3.05) is 51.7 Å². The number of amides is 1.